The van der Waals surface area contributed by atoms with Gasteiger partial charge in [0.25, 0.3) is 0 Å². The minimum atomic E-state index is -0.496. The van der Waals surface area contributed by atoms with Gasteiger partial charge in [0, 0.05) is 5.02 Å². The predicted molar refractivity (Wildman–Crippen MR) is 101 cm³/mol. The number of urea groups is 1. The molecule has 0 atom stereocenters. The van der Waals surface area contributed by atoms with E-state index < -0.39 is 12.0 Å². The van der Waals surface area contributed by atoms with E-state index in [0.29, 0.717) is 16.5 Å². The summed E-state index contributed by atoms with van der Waals surface area (Å²) in [5, 5.41) is 5.88. The molecule has 0 saturated carbocycles. The Labute approximate surface area is 157 Å². The zero-order valence-electron chi connectivity index (χ0n) is 14.9. The minimum Gasteiger partial charge on any atom is -0.473 e. The van der Waals surface area contributed by atoms with Gasteiger partial charge in [0.05, 0.1) is 17.9 Å². The zero-order chi connectivity index (χ0) is 19.1. The van der Waals surface area contributed by atoms with E-state index in [9.17, 15) is 9.59 Å². The summed E-state index contributed by atoms with van der Waals surface area (Å²) < 4.78 is 10.5. The summed E-state index contributed by atoms with van der Waals surface area (Å²) in [4.78, 5) is 24.0. The molecule has 0 bridgehead atoms. The molecule has 0 aliphatic carbocycles. The van der Waals surface area contributed by atoms with Gasteiger partial charge >= 0.3 is 12.0 Å². The molecule has 0 fully saturated rings. The van der Waals surface area contributed by atoms with Crippen LogP contribution in [0.3, 0.4) is 0 Å². The number of benzene rings is 2. The average molecular weight is 377 g/mol. The number of nitrogens with one attached hydrogen (secondary N) is 2. The van der Waals surface area contributed by atoms with E-state index in [4.69, 9.17) is 21.1 Å². The van der Waals surface area contributed by atoms with Crippen molar-refractivity contribution in [2.24, 2.45) is 0 Å². The monoisotopic (exact) mass is 376 g/mol. The van der Waals surface area contributed by atoms with Crippen LogP contribution >= 0.6 is 11.6 Å². The molecule has 2 N–H and O–H groups in total. The molecule has 0 unspecified atom stereocenters. The number of hydrogen-bond acceptors (Lipinski definition) is 4. The van der Waals surface area contributed by atoms with E-state index in [1.54, 1.807) is 43.3 Å². The summed E-state index contributed by atoms with van der Waals surface area (Å²) in [6, 6.07) is 9.72. The second-order valence-corrected chi connectivity index (χ2v) is 5.93. The fourth-order valence-electron chi connectivity index (χ4n) is 2.32. The van der Waals surface area contributed by atoms with E-state index >= 15 is 0 Å². The third kappa shape index (κ3) is 5.13. The lowest BCUT2D eigenvalue weighted by Gasteiger charge is -2.13. The molecule has 2 rings (SSSR count). The third-order valence-corrected chi connectivity index (χ3v) is 4.15. The van der Waals surface area contributed by atoms with Gasteiger partial charge in [0.2, 0.25) is 0 Å². The summed E-state index contributed by atoms with van der Waals surface area (Å²) in [7, 11) is 0. The summed E-state index contributed by atoms with van der Waals surface area (Å²) in [6.45, 7) is 5.71. The van der Waals surface area contributed by atoms with Gasteiger partial charge in [0.15, 0.2) is 6.73 Å². The van der Waals surface area contributed by atoms with Crippen LogP contribution in [0.15, 0.2) is 36.4 Å². The lowest BCUT2D eigenvalue weighted by atomic mass is 10.1. The Morgan fingerprint density at radius 1 is 1.12 bits per heavy atom. The van der Waals surface area contributed by atoms with Crippen molar-refractivity contribution in [3.8, 4) is 5.75 Å². The Morgan fingerprint density at radius 3 is 2.42 bits per heavy atom. The van der Waals surface area contributed by atoms with Crippen molar-refractivity contribution in [3.63, 3.8) is 0 Å². The van der Waals surface area contributed by atoms with Gasteiger partial charge in [0.1, 0.15) is 5.75 Å². The van der Waals surface area contributed by atoms with Gasteiger partial charge in [-0.15, -0.1) is 0 Å². The number of aryl methyl sites for hydroxylation is 2. The van der Waals surface area contributed by atoms with Crippen LogP contribution in [0.1, 0.15) is 28.4 Å². The van der Waals surface area contributed by atoms with E-state index in [2.05, 4.69) is 10.6 Å². The molecule has 0 aliphatic heterocycles. The van der Waals surface area contributed by atoms with Crippen molar-refractivity contribution in [2.75, 3.05) is 18.7 Å². The van der Waals surface area contributed by atoms with E-state index in [0.717, 1.165) is 11.1 Å². The lowest BCUT2D eigenvalue weighted by Crippen LogP contribution is -2.32. The predicted octanol–water partition coefficient (Wildman–Crippen LogP) is 4.29. The number of hydrogen-bond donors (Lipinski definition) is 2. The maximum absolute atomic E-state index is 12.0. The lowest BCUT2D eigenvalue weighted by molar-refractivity contribution is 0.0527. The van der Waals surface area contributed by atoms with Crippen LogP contribution in [0.5, 0.6) is 5.75 Å². The fraction of sp³-hybridized carbons (Fsp3) is 0.263. The molecular formula is C19H21ClN2O4. The second kappa shape index (κ2) is 9.10. The van der Waals surface area contributed by atoms with Gasteiger partial charge < -0.3 is 20.1 Å². The first-order valence-corrected chi connectivity index (χ1v) is 8.50. The van der Waals surface area contributed by atoms with Crippen LogP contribution in [-0.4, -0.2) is 25.3 Å². The summed E-state index contributed by atoms with van der Waals surface area (Å²) in [6.07, 6.45) is 0. The highest BCUT2D eigenvalue weighted by Crippen LogP contribution is 2.25. The first-order valence-electron chi connectivity index (χ1n) is 8.13. The maximum atomic E-state index is 12.0. The van der Waals surface area contributed by atoms with E-state index in [1.807, 2.05) is 13.8 Å². The van der Waals surface area contributed by atoms with Crippen molar-refractivity contribution in [3.05, 3.63) is 58.1 Å². The van der Waals surface area contributed by atoms with Crippen molar-refractivity contribution < 1.29 is 19.1 Å². The highest BCUT2D eigenvalue weighted by molar-refractivity contribution is 6.32. The highest BCUT2D eigenvalue weighted by atomic mass is 35.5. The Hall–Kier alpha value is -2.73. The first-order chi connectivity index (χ1) is 12.4. The Bertz CT molecular complexity index is 785. The molecule has 0 saturated heterocycles. The summed E-state index contributed by atoms with van der Waals surface area (Å²) in [5.74, 6) is 0.114. The number of ether oxygens (including phenoxy) is 2. The molecule has 2 aromatic rings. The number of anilines is 1. The number of halogens is 1. The Kier molecular flexibility index (Phi) is 6.86. The number of para-hydroxylation sites is 1. The number of amides is 2. The normalized spacial score (nSPS) is 10.2. The largest absolute Gasteiger partial charge is 0.473 e. The smallest absolute Gasteiger partial charge is 0.340 e. The Balaban J connectivity index is 1.93. The molecule has 0 radical (unpaired) electrons. The molecule has 0 aromatic heterocycles. The van der Waals surface area contributed by atoms with Gasteiger partial charge in [-0.1, -0.05) is 23.7 Å². The van der Waals surface area contributed by atoms with Gasteiger partial charge in [-0.25, -0.2) is 9.59 Å². The highest BCUT2D eigenvalue weighted by Gasteiger charge is 2.13. The average Bonchev–Trinajstić information content (AvgIpc) is 2.60. The van der Waals surface area contributed by atoms with Crippen molar-refractivity contribution in [1.82, 2.24) is 5.32 Å². The SMILES string of the molecule is CCOC(=O)c1ccccc1NC(=O)NCOc1cc(C)c(Cl)c(C)c1. The molecule has 2 amide bonds. The van der Waals surface area contributed by atoms with Crippen LogP contribution in [0, 0.1) is 13.8 Å². The van der Waals surface area contributed by atoms with Gasteiger partial charge in [-0.2, -0.15) is 0 Å². The van der Waals surface area contributed by atoms with Crippen LogP contribution < -0.4 is 15.4 Å². The van der Waals surface area contributed by atoms with E-state index in [-0.39, 0.29) is 18.9 Å². The van der Waals surface area contributed by atoms with Crippen molar-refractivity contribution >= 4 is 29.3 Å². The summed E-state index contributed by atoms with van der Waals surface area (Å²) in [5.41, 5.74) is 2.44. The number of carbonyl (C=O) groups excluding carboxylic acids is 2. The van der Waals surface area contributed by atoms with Gasteiger partial charge in [-0.3, -0.25) is 0 Å². The minimum absolute atomic E-state index is 0.0338. The molecular weight excluding hydrogens is 356 g/mol. The maximum Gasteiger partial charge on any atom is 0.340 e. The topological polar surface area (TPSA) is 76.7 Å². The van der Waals surface area contributed by atoms with Crippen molar-refractivity contribution in [1.29, 1.82) is 0 Å². The van der Waals surface area contributed by atoms with Crippen LogP contribution in [-0.2, 0) is 4.74 Å². The molecule has 138 valence electrons. The van der Waals surface area contributed by atoms with Crippen LogP contribution in [0.25, 0.3) is 0 Å². The molecule has 26 heavy (non-hydrogen) atoms. The molecule has 7 heteroatoms. The Morgan fingerprint density at radius 2 is 1.77 bits per heavy atom. The van der Waals surface area contributed by atoms with Crippen molar-refractivity contribution in [2.45, 2.75) is 20.8 Å². The third-order valence-electron chi connectivity index (χ3n) is 3.55. The first kappa shape index (κ1) is 19.6. The number of carbonyl (C=O) groups is 2. The zero-order valence-corrected chi connectivity index (χ0v) is 15.6. The second-order valence-electron chi connectivity index (χ2n) is 5.56. The number of rotatable bonds is 6. The fourth-order valence-corrected chi connectivity index (χ4v) is 2.43. The molecule has 0 spiro atoms. The number of esters is 1. The van der Waals surface area contributed by atoms with Crippen LogP contribution in [0.2, 0.25) is 5.02 Å². The van der Waals surface area contributed by atoms with E-state index in [1.165, 1.54) is 0 Å². The molecule has 0 heterocycles. The quantitative estimate of drug-likeness (QED) is 0.582. The van der Waals surface area contributed by atoms with Crippen LogP contribution in [0.4, 0.5) is 10.5 Å². The standard InChI is InChI=1S/C19H21ClN2O4/c1-4-25-18(23)15-7-5-6-8-16(15)22-19(24)21-11-26-14-9-12(2)17(20)13(3)10-14/h5-10H,4,11H2,1-3H3,(H2,21,22,24). The molecule has 6 nitrogen and oxygen atoms in total. The molecule has 2 aromatic carbocycles. The molecule has 0 aliphatic rings. The summed E-state index contributed by atoms with van der Waals surface area (Å²) >= 11 is 6.11. The van der Waals surface area contributed by atoms with Gasteiger partial charge in [-0.05, 0) is 56.2 Å².